The maximum Gasteiger partial charge on any atom is 0.245 e. The summed E-state index contributed by atoms with van der Waals surface area (Å²) in [5.74, 6) is 2.03. The van der Waals surface area contributed by atoms with Crippen molar-refractivity contribution >= 4 is 21.9 Å². The van der Waals surface area contributed by atoms with Crippen LogP contribution < -0.4 is 10.6 Å². The van der Waals surface area contributed by atoms with Crippen molar-refractivity contribution in [2.45, 2.75) is 12.8 Å². The topological polar surface area (TPSA) is 83.7 Å². The summed E-state index contributed by atoms with van der Waals surface area (Å²) < 4.78 is 0.925. The molecule has 1 fully saturated rings. The minimum atomic E-state index is 0.540. The highest BCUT2D eigenvalue weighted by atomic mass is 79.9. The smallest absolute Gasteiger partial charge is 0.245 e. The number of nitrogens with two attached hydrogens (primary N) is 1. The first kappa shape index (κ1) is 13.5. The Morgan fingerprint density at radius 3 is 3.15 bits per heavy atom. The van der Waals surface area contributed by atoms with Gasteiger partial charge in [-0.3, -0.25) is 10.1 Å². The summed E-state index contributed by atoms with van der Waals surface area (Å²) >= 11 is 3.41. The maximum absolute atomic E-state index is 5.77. The third kappa shape index (κ3) is 2.83. The number of hydrogen-bond donors (Lipinski definition) is 2. The molecule has 6 nitrogen and oxygen atoms in total. The van der Waals surface area contributed by atoms with Crippen molar-refractivity contribution < 1.29 is 0 Å². The maximum atomic E-state index is 5.77. The minimum Gasteiger partial charge on any atom is -0.339 e. The molecule has 0 saturated carbocycles. The molecule has 0 aliphatic carbocycles. The van der Waals surface area contributed by atoms with Crippen molar-refractivity contribution in [3.05, 3.63) is 22.9 Å². The summed E-state index contributed by atoms with van der Waals surface area (Å²) in [7, 11) is 0. The van der Waals surface area contributed by atoms with E-state index in [-0.39, 0.29) is 0 Å². The Bertz CT molecular complexity index is 584. The Kier molecular flexibility index (Phi) is 3.98. The highest BCUT2D eigenvalue weighted by molar-refractivity contribution is 9.10. The second-order valence-corrected chi connectivity index (χ2v) is 5.98. The Labute approximate surface area is 125 Å². The van der Waals surface area contributed by atoms with Crippen LogP contribution in [0.3, 0.4) is 0 Å². The summed E-state index contributed by atoms with van der Waals surface area (Å²) in [5, 5.41) is 7.31. The van der Waals surface area contributed by atoms with Crippen LogP contribution in [0.4, 0.5) is 5.95 Å². The van der Waals surface area contributed by atoms with E-state index >= 15 is 0 Å². The van der Waals surface area contributed by atoms with E-state index < -0.39 is 0 Å². The highest BCUT2D eigenvalue weighted by Crippen LogP contribution is 2.23. The van der Waals surface area contributed by atoms with Crippen molar-refractivity contribution in [2.24, 2.45) is 11.7 Å². The Hall–Kier alpha value is -1.47. The average molecular weight is 337 g/mol. The molecule has 0 spiro atoms. The zero-order valence-corrected chi connectivity index (χ0v) is 12.7. The van der Waals surface area contributed by atoms with Gasteiger partial charge in [-0.05, 0) is 47.3 Å². The van der Waals surface area contributed by atoms with Crippen molar-refractivity contribution in [2.75, 3.05) is 24.5 Å². The molecule has 1 aliphatic heterocycles. The summed E-state index contributed by atoms with van der Waals surface area (Å²) in [6.07, 6.45) is 5.86. The molecule has 20 heavy (non-hydrogen) atoms. The molecule has 1 saturated heterocycles. The van der Waals surface area contributed by atoms with Crippen LogP contribution in [0.15, 0.2) is 22.9 Å². The van der Waals surface area contributed by atoms with E-state index in [4.69, 9.17) is 5.73 Å². The van der Waals surface area contributed by atoms with Gasteiger partial charge in [0, 0.05) is 35.5 Å². The molecule has 3 N–H and O–H groups in total. The molecule has 1 atom stereocenters. The lowest BCUT2D eigenvalue weighted by Gasteiger charge is -2.31. The number of piperidine rings is 1. The number of aromatic nitrogens is 4. The van der Waals surface area contributed by atoms with Crippen molar-refractivity contribution in [3.63, 3.8) is 0 Å². The molecule has 0 aromatic carbocycles. The van der Waals surface area contributed by atoms with Crippen LogP contribution in [0.1, 0.15) is 12.8 Å². The minimum absolute atomic E-state index is 0.540. The van der Waals surface area contributed by atoms with Gasteiger partial charge in [0.1, 0.15) is 0 Å². The number of hydrogen-bond acceptors (Lipinski definition) is 5. The fraction of sp³-hybridized carbons (Fsp3) is 0.462. The molecular weight excluding hydrogens is 320 g/mol. The van der Waals surface area contributed by atoms with Crippen LogP contribution in [0.2, 0.25) is 0 Å². The van der Waals surface area contributed by atoms with Gasteiger partial charge in [0.25, 0.3) is 0 Å². The lowest BCUT2D eigenvalue weighted by Crippen LogP contribution is -2.38. The molecule has 1 unspecified atom stereocenters. The van der Waals surface area contributed by atoms with Gasteiger partial charge >= 0.3 is 0 Å². The van der Waals surface area contributed by atoms with Crippen LogP contribution in [-0.2, 0) is 0 Å². The number of nitrogens with zero attached hydrogens (tertiary/aromatic N) is 4. The first-order chi connectivity index (χ1) is 9.76. The fourth-order valence-corrected chi connectivity index (χ4v) is 2.87. The van der Waals surface area contributed by atoms with Gasteiger partial charge in [0.15, 0.2) is 5.82 Å². The number of pyridine rings is 1. The monoisotopic (exact) mass is 336 g/mol. The standard InChI is InChI=1S/C13H17BrN6/c14-11-4-10(6-16-7-11)12-17-13(19-18-12)20-3-1-2-9(5-15)8-20/h4,6-7,9H,1-3,5,8,15H2,(H,17,18,19). The van der Waals surface area contributed by atoms with E-state index in [1.807, 2.05) is 6.07 Å². The Morgan fingerprint density at radius 1 is 1.45 bits per heavy atom. The molecule has 2 aromatic heterocycles. The van der Waals surface area contributed by atoms with Gasteiger partial charge in [-0.1, -0.05) is 0 Å². The SMILES string of the molecule is NCC1CCCN(c2n[nH]c(-c3cncc(Br)c3)n2)C1. The predicted octanol–water partition coefficient (Wildman–Crippen LogP) is 1.80. The predicted molar refractivity (Wildman–Crippen MR) is 81.3 cm³/mol. The van der Waals surface area contributed by atoms with Crippen LogP contribution in [0.25, 0.3) is 11.4 Å². The van der Waals surface area contributed by atoms with Crippen LogP contribution in [-0.4, -0.2) is 39.8 Å². The lowest BCUT2D eigenvalue weighted by molar-refractivity contribution is 0.420. The summed E-state index contributed by atoms with van der Waals surface area (Å²) in [4.78, 5) is 10.9. The van der Waals surface area contributed by atoms with Gasteiger partial charge < -0.3 is 10.6 Å². The third-order valence-electron chi connectivity index (χ3n) is 3.59. The van der Waals surface area contributed by atoms with Crippen LogP contribution >= 0.6 is 15.9 Å². The van der Waals surface area contributed by atoms with E-state index in [0.29, 0.717) is 5.92 Å². The van der Waals surface area contributed by atoms with Gasteiger partial charge in [-0.2, -0.15) is 4.98 Å². The van der Waals surface area contributed by atoms with Gasteiger partial charge in [0.05, 0.1) is 0 Å². The molecular formula is C13H17BrN6. The Morgan fingerprint density at radius 2 is 2.35 bits per heavy atom. The molecule has 3 rings (SSSR count). The average Bonchev–Trinajstić information content (AvgIpc) is 2.97. The second-order valence-electron chi connectivity index (χ2n) is 5.07. The van der Waals surface area contributed by atoms with E-state index in [1.165, 1.54) is 6.42 Å². The van der Waals surface area contributed by atoms with Gasteiger partial charge in [-0.25, -0.2) is 0 Å². The van der Waals surface area contributed by atoms with Crippen LogP contribution in [0.5, 0.6) is 0 Å². The number of anilines is 1. The largest absolute Gasteiger partial charge is 0.339 e. The van der Waals surface area contributed by atoms with E-state index in [9.17, 15) is 0 Å². The van der Waals surface area contributed by atoms with Gasteiger partial charge in [0.2, 0.25) is 5.95 Å². The van der Waals surface area contributed by atoms with Crippen molar-refractivity contribution in [1.29, 1.82) is 0 Å². The summed E-state index contributed by atoms with van der Waals surface area (Å²) in [6.45, 7) is 2.65. The van der Waals surface area contributed by atoms with Crippen molar-refractivity contribution in [1.82, 2.24) is 20.2 Å². The molecule has 0 radical (unpaired) electrons. The molecule has 7 heteroatoms. The van der Waals surface area contributed by atoms with E-state index in [0.717, 1.165) is 47.9 Å². The highest BCUT2D eigenvalue weighted by Gasteiger charge is 2.21. The van der Waals surface area contributed by atoms with E-state index in [1.54, 1.807) is 12.4 Å². The quantitative estimate of drug-likeness (QED) is 0.892. The summed E-state index contributed by atoms with van der Waals surface area (Å²) in [5.41, 5.74) is 6.69. The normalized spacial score (nSPS) is 19.3. The fourth-order valence-electron chi connectivity index (χ4n) is 2.50. The number of nitrogens with one attached hydrogen (secondary N) is 1. The van der Waals surface area contributed by atoms with E-state index in [2.05, 4.69) is 41.0 Å². The Balaban J connectivity index is 1.80. The third-order valence-corrected chi connectivity index (χ3v) is 4.02. The van der Waals surface area contributed by atoms with Crippen molar-refractivity contribution in [3.8, 4) is 11.4 Å². The number of H-pyrrole nitrogens is 1. The number of rotatable bonds is 3. The molecule has 1 aliphatic rings. The van der Waals surface area contributed by atoms with Crippen LogP contribution in [0, 0.1) is 5.92 Å². The number of aromatic amines is 1. The zero-order chi connectivity index (χ0) is 13.9. The molecule has 3 heterocycles. The molecule has 106 valence electrons. The first-order valence-corrected chi connectivity index (χ1v) is 7.54. The second kappa shape index (κ2) is 5.88. The first-order valence-electron chi connectivity index (χ1n) is 6.74. The van der Waals surface area contributed by atoms with Gasteiger partial charge in [-0.15, -0.1) is 5.10 Å². The summed E-state index contributed by atoms with van der Waals surface area (Å²) in [6, 6.07) is 1.97. The molecule has 0 bridgehead atoms. The molecule has 0 amide bonds. The lowest BCUT2D eigenvalue weighted by atomic mass is 9.99. The number of halogens is 1. The zero-order valence-electron chi connectivity index (χ0n) is 11.1. The molecule has 2 aromatic rings.